The number of hydrogen-bond acceptors (Lipinski definition) is 10. The van der Waals surface area contributed by atoms with Crippen LogP contribution in [0, 0.1) is 13.8 Å². The predicted octanol–water partition coefficient (Wildman–Crippen LogP) is 6.70. The molecule has 0 atom stereocenters. The first kappa shape index (κ1) is 33.3. The van der Waals surface area contributed by atoms with Crippen molar-refractivity contribution in [3.8, 4) is 22.5 Å². The van der Waals surface area contributed by atoms with Crippen LogP contribution in [0.25, 0.3) is 33.4 Å². The summed E-state index contributed by atoms with van der Waals surface area (Å²) in [6.45, 7) is 8.72. The maximum absolute atomic E-state index is 12.7. The van der Waals surface area contributed by atoms with E-state index in [0.29, 0.717) is 30.2 Å². The molecular formula is C38H36N10O2. The van der Waals surface area contributed by atoms with Gasteiger partial charge in [0.1, 0.15) is 11.4 Å². The van der Waals surface area contributed by atoms with E-state index in [-0.39, 0.29) is 11.1 Å². The van der Waals surface area contributed by atoms with Gasteiger partial charge in [-0.05, 0) is 75.2 Å². The van der Waals surface area contributed by atoms with Crippen molar-refractivity contribution < 1.29 is 0 Å². The lowest BCUT2D eigenvalue weighted by Crippen LogP contribution is -2.25. The van der Waals surface area contributed by atoms with Crippen molar-refractivity contribution >= 4 is 33.7 Å². The van der Waals surface area contributed by atoms with Gasteiger partial charge in [-0.15, -0.1) is 0 Å². The summed E-state index contributed by atoms with van der Waals surface area (Å²) in [4.78, 5) is 42.1. The number of aryl methyl sites for hydroxylation is 4. The fraction of sp³-hybridized carbons (Fsp3) is 0.158. The summed E-state index contributed by atoms with van der Waals surface area (Å²) in [5.41, 5.74) is 8.24. The highest BCUT2D eigenvalue weighted by molar-refractivity contribution is 5.92. The molecule has 6 aromatic heterocycles. The SMILES string of the molecule is CCn1nc(-c2ccccc2)cc(Nc2cncc3ncccc23)c1=O.CCn1nc(-c2cncc(C)c2)cc(Nc2cnccc2C)c1=O. The second kappa shape index (κ2) is 15.1. The number of fused-ring (bicyclic) bond motifs is 1. The van der Waals surface area contributed by atoms with Crippen molar-refractivity contribution in [1.29, 1.82) is 0 Å². The molecule has 6 heterocycles. The molecule has 12 heteroatoms. The highest BCUT2D eigenvalue weighted by atomic mass is 16.1. The summed E-state index contributed by atoms with van der Waals surface area (Å²) in [5, 5.41) is 16.2. The summed E-state index contributed by atoms with van der Waals surface area (Å²) < 4.78 is 2.91. The minimum atomic E-state index is -0.173. The molecule has 0 spiro atoms. The third kappa shape index (κ3) is 7.44. The van der Waals surface area contributed by atoms with E-state index in [1.165, 1.54) is 9.36 Å². The monoisotopic (exact) mass is 664 g/mol. The Kier molecular flexibility index (Phi) is 10.1. The second-order valence-corrected chi connectivity index (χ2v) is 11.4. The van der Waals surface area contributed by atoms with Crippen molar-refractivity contribution in [3.05, 3.63) is 142 Å². The molecule has 1 aromatic carbocycles. The summed E-state index contributed by atoms with van der Waals surface area (Å²) in [5.74, 6) is 0. The van der Waals surface area contributed by atoms with E-state index in [1.807, 2.05) is 82.3 Å². The van der Waals surface area contributed by atoms with Crippen molar-refractivity contribution in [2.45, 2.75) is 40.8 Å². The van der Waals surface area contributed by atoms with E-state index in [9.17, 15) is 9.59 Å². The van der Waals surface area contributed by atoms with Gasteiger partial charge in [0.05, 0.1) is 46.9 Å². The molecule has 0 aliphatic rings. The number of nitrogens with one attached hydrogen (secondary N) is 2. The normalized spacial score (nSPS) is 10.7. The van der Waals surface area contributed by atoms with E-state index in [1.54, 1.807) is 55.5 Å². The average molecular weight is 665 g/mol. The second-order valence-electron chi connectivity index (χ2n) is 11.4. The van der Waals surface area contributed by atoms with Crippen molar-refractivity contribution in [2.24, 2.45) is 0 Å². The number of hydrogen-bond donors (Lipinski definition) is 2. The zero-order chi connectivity index (χ0) is 35.0. The maximum Gasteiger partial charge on any atom is 0.290 e. The molecule has 0 amide bonds. The lowest BCUT2D eigenvalue weighted by atomic mass is 10.1. The average Bonchev–Trinajstić information content (AvgIpc) is 3.15. The molecule has 0 radical (unpaired) electrons. The molecule has 7 rings (SSSR count). The first-order valence-corrected chi connectivity index (χ1v) is 16.2. The van der Waals surface area contributed by atoms with E-state index < -0.39 is 0 Å². The van der Waals surface area contributed by atoms with Gasteiger partial charge in [0.25, 0.3) is 11.1 Å². The van der Waals surface area contributed by atoms with Crippen LogP contribution < -0.4 is 21.8 Å². The van der Waals surface area contributed by atoms with Crippen LogP contribution in [-0.4, -0.2) is 39.5 Å². The Morgan fingerprint density at radius 2 is 1.24 bits per heavy atom. The Labute approximate surface area is 288 Å². The molecule has 0 bridgehead atoms. The minimum Gasteiger partial charge on any atom is -0.349 e. The first-order valence-electron chi connectivity index (χ1n) is 16.2. The topological polar surface area (TPSA) is 145 Å². The van der Waals surface area contributed by atoms with Gasteiger partial charge in [0.2, 0.25) is 0 Å². The minimum absolute atomic E-state index is 0.162. The largest absolute Gasteiger partial charge is 0.349 e. The predicted molar refractivity (Wildman–Crippen MR) is 197 cm³/mol. The fourth-order valence-electron chi connectivity index (χ4n) is 5.26. The standard InChI is InChI=1S/C20H17N5O.C18H19N5O/c1-2-25-20(26)17(11-16(24-25)14-7-4-3-5-8-14)23-19-13-21-12-18-15(19)9-6-10-22-18;1-4-23-18(24)16(21-17-11-19-6-5-13(17)3)8-15(22-23)14-7-12(2)9-20-10-14/h3-13,23H,2H2,1H3;5-11,21H,4H2,1-3H3. The molecule has 0 aliphatic heterocycles. The highest BCUT2D eigenvalue weighted by Gasteiger charge is 2.13. The van der Waals surface area contributed by atoms with Crippen LogP contribution in [0.1, 0.15) is 25.0 Å². The van der Waals surface area contributed by atoms with Crippen LogP contribution in [0.5, 0.6) is 0 Å². The van der Waals surface area contributed by atoms with Gasteiger partial charge in [0.15, 0.2) is 0 Å². The Morgan fingerprint density at radius 3 is 1.90 bits per heavy atom. The van der Waals surface area contributed by atoms with Crippen molar-refractivity contribution in [3.63, 3.8) is 0 Å². The molecule has 0 saturated heterocycles. The molecule has 0 aliphatic carbocycles. The van der Waals surface area contributed by atoms with Gasteiger partial charge >= 0.3 is 0 Å². The number of pyridine rings is 4. The smallest absolute Gasteiger partial charge is 0.290 e. The van der Waals surface area contributed by atoms with E-state index in [2.05, 4.69) is 40.8 Å². The Bertz CT molecular complexity index is 2380. The zero-order valence-corrected chi connectivity index (χ0v) is 28.2. The quantitative estimate of drug-likeness (QED) is 0.180. The molecule has 0 unspecified atom stereocenters. The van der Waals surface area contributed by atoms with Crippen LogP contribution in [0.4, 0.5) is 22.7 Å². The van der Waals surface area contributed by atoms with Crippen molar-refractivity contribution in [2.75, 3.05) is 10.6 Å². The molecular weight excluding hydrogens is 628 g/mol. The molecule has 7 aromatic rings. The van der Waals surface area contributed by atoms with Gasteiger partial charge in [-0.3, -0.25) is 29.5 Å². The van der Waals surface area contributed by atoms with Gasteiger partial charge < -0.3 is 10.6 Å². The molecule has 50 heavy (non-hydrogen) atoms. The van der Waals surface area contributed by atoms with Gasteiger partial charge in [-0.2, -0.15) is 10.2 Å². The molecule has 0 saturated carbocycles. The zero-order valence-electron chi connectivity index (χ0n) is 28.2. The van der Waals surface area contributed by atoms with Crippen LogP contribution in [-0.2, 0) is 13.1 Å². The van der Waals surface area contributed by atoms with Crippen LogP contribution in [0.2, 0.25) is 0 Å². The maximum atomic E-state index is 12.7. The lowest BCUT2D eigenvalue weighted by Gasteiger charge is -2.12. The number of anilines is 4. The van der Waals surface area contributed by atoms with Crippen molar-refractivity contribution in [1.82, 2.24) is 39.5 Å². The lowest BCUT2D eigenvalue weighted by molar-refractivity contribution is 0.621. The highest BCUT2D eigenvalue weighted by Crippen LogP contribution is 2.25. The summed E-state index contributed by atoms with van der Waals surface area (Å²) in [6.07, 6.45) is 12.1. The number of benzene rings is 1. The third-order valence-electron chi connectivity index (χ3n) is 7.89. The van der Waals surface area contributed by atoms with E-state index in [4.69, 9.17) is 0 Å². The van der Waals surface area contributed by atoms with Gasteiger partial charge in [-0.25, -0.2) is 9.36 Å². The van der Waals surface area contributed by atoms with Gasteiger partial charge in [0, 0.05) is 54.4 Å². The van der Waals surface area contributed by atoms with Crippen LogP contribution in [0.15, 0.2) is 120 Å². The Hall–Kier alpha value is -6.56. The number of nitrogens with zero attached hydrogens (tertiary/aromatic N) is 8. The van der Waals surface area contributed by atoms with E-state index in [0.717, 1.165) is 50.2 Å². The molecule has 250 valence electrons. The summed E-state index contributed by atoms with van der Waals surface area (Å²) in [6, 6.07) is 21.0. The van der Waals surface area contributed by atoms with Crippen LogP contribution >= 0.6 is 0 Å². The third-order valence-corrected chi connectivity index (χ3v) is 7.89. The summed E-state index contributed by atoms with van der Waals surface area (Å²) >= 11 is 0. The first-order chi connectivity index (χ1) is 24.3. The van der Waals surface area contributed by atoms with Gasteiger partial charge in [-0.1, -0.05) is 30.3 Å². The molecule has 2 N–H and O–H groups in total. The number of aromatic nitrogens is 8. The van der Waals surface area contributed by atoms with Crippen LogP contribution in [0.3, 0.4) is 0 Å². The summed E-state index contributed by atoms with van der Waals surface area (Å²) in [7, 11) is 0. The number of rotatable bonds is 8. The fourth-order valence-corrected chi connectivity index (χ4v) is 5.26. The Morgan fingerprint density at radius 1 is 0.600 bits per heavy atom. The molecule has 0 fully saturated rings. The Balaban J connectivity index is 0.000000174. The van der Waals surface area contributed by atoms with E-state index >= 15 is 0 Å². The molecule has 12 nitrogen and oxygen atoms in total.